The number of amides is 2. The lowest BCUT2D eigenvalue weighted by Gasteiger charge is -2.29. The highest BCUT2D eigenvalue weighted by Crippen LogP contribution is 2.21. The van der Waals surface area contributed by atoms with Gasteiger partial charge in [0.25, 0.3) is 5.69 Å². The molecule has 0 bridgehead atoms. The predicted molar refractivity (Wildman–Crippen MR) is 131 cm³/mol. The van der Waals surface area contributed by atoms with Gasteiger partial charge in [0, 0.05) is 35.5 Å². The molecule has 2 aromatic rings. The van der Waals surface area contributed by atoms with E-state index in [0.29, 0.717) is 17.3 Å². The molecule has 0 unspecified atom stereocenters. The van der Waals surface area contributed by atoms with E-state index in [1.165, 1.54) is 23.9 Å². The molecule has 0 heterocycles. The van der Waals surface area contributed by atoms with Gasteiger partial charge in [-0.15, -0.1) is 11.8 Å². The fourth-order valence-electron chi connectivity index (χ4n) is 3.81. The summed E-state index contributed by atoms with van der Waals surface area (Å²) in [6.45, 7) is 2.08. The normalized spacial score (nSPS) is 14.6. The first-order chi connectivity index (χ1) is 15.8. The van der Waals surface area contributed by atoms with Crippen LogP contribution in [-0.4, -0.2) is 39.5 Å². The molecule has 1 saturated carbocycles. The summed E-state index contributed by atoms with van der Waals surface area (Å²) in [5.74, 6) is 0.475. The molecule has 2 amide bonds. The van der Waals surface area contributed by atoms with E-state index in [2.05, 4.69) is 5.32 Å². The average molecular weight is 490 g/mol. The van der Waals surface area contributed by atoms with Crippen LogP contribution in [0.4, 0.5) is 5.69 Å². The summed E-state index contributed by atoms with van der Waals surface area (Å²) in [6, 6.07) is 13.1. The van der Waals surface area contributed by atoms with Crippen LogP contribution in [0.3, 0.4) is 0 Å². The highest BCUT2D eigenvalue weighted by molar-refractivity contribution is 7.99. The number of nitrogens with zero attached hydrogens (tertiary/aromatic N) is 2. The first-order valence-corrected chi connectivity index (χ1v) is 12.5. The highest BCUT2D eigenvalue weighted by atomic mass is 35.5. The summed E-state index contributed by atoms with van der Waals surface area (Å²) in [7, 11) is 0. The number of carbonyl (C=O) groups excluding carboxylic acids is 2. The van der Waals surface area contributed by atoms with Gasteiger partial charge in [-0.1, -0.05) is 48.7 Å². The molecule has 1 N–H and O–H groups in total. The lowest BCUT2D eigenvalue weighted by molar-refractivity contribution is -0.384. The SMILES string of the molecule is C[C@@H](C(=O)NC1CCCC1)N(Cc1ccc(Cl)cc1)C(=O)CSCc1ccc([N+](=O)[O-])cc1. The molecule has 0 spiro atoms. The van der Waals surface area contributed by atoms with Gasteiger partial charge >= 0.3 is 0 Å². The van der Waals surface area contributed by atoms with E-state index in [9.17, 15) is 19.7 Å². The molecule has 1 atom stereocenters. The van der Waals surface area contributed by atoms with E-state index in [-0.39, 0.29) is 29.3 Å². The Morgan fingerprint density at radius 2 is 1.73 bits per heavy atom. The van der Waals surface area contributed by atoms with Gasteiger partial charge in [0.05, 0.1) is 10.7 Å². The fraction of sp³-hybridized carbons (Fsp3) is 0.417. The molecule has 1 aliphatic rings. The molecule has 7 nitrogen and oxygen atoms in total. The zero-order valence-electron chi connectivity index (χ0n) is 18.5. The molecule has 33 heavy (non-hydrogen) atoms. The summed E-state index contributed by atoms with van der Waals surface area (Å²) in [6.07, 6.45) is 4.20. The van der Waals surface area contributed by atoms with Gasteiger partial charge in [-0.05, 0) is 43.0 Å². The van der Waals surface area contributed by atoms with Gasteiger partial charge in [0.2, 0.25) is 11.8 Å². The number of non-ortho nitro benzene ring substituents is 1. The van der Waals surface area contributed by atoms with Gasteiger partial charge in [0.1, 0.15) is 6.04 Å². The molecular weight excluding hydrogens is 462 g/mol. The third-order valence-corrected chi connectivity index (χ3v) is 7.02. The Bertz CT molecular complexity index is 963. The van der Waals surface area contributed by atoms with Crippen molar-refractivity contribution in [3.8, 4) is 0 Å². The zero-order valence-corrected chi connectivity index (χ0v) is 20.1. The number of rotatable bonds is 10. The topological polar surface area (TPSA) is 92.6 Å². The number of benzene rings is 2. The molecule has 0 aromatic heterocycles. The van der Waals surface area contributed by atoms with Crippen molar-refractivity contribution in [3.63, 3.8) is 0 Å². The summed E-state index contributed by atoms with van der Waals surface area (Å²) in [5.41, 5.74) is 1.83. The highest BCUT2D eigenvalue weighted by Gasteiger charge is 2.28. The fourth-order valence-corrected chi connectivity index (χ4v) is 4.81. The summed E-state index contributed by atoms with van der Waals surface area (Å²) in [4.78, 5) is 38.0. The lowest BCUT2D eigenvalue weighted by atomic mass is 10.1. The van der Waals surface area contributed by atoms with Gasteiger partial charge < -0.3 is 10.2 Å². The minimum Gasteiger partial charge on any atom is -0.352 e. The van der Waals surface area contributed by atoms with Crippen molar-refractivity contribution in [1.82, 2.24) is 10.2 Å². The Morgan fingerprint density at radius 3 is 2.33 bits per heavy atom. The van der Waals surface area contributed by atoms with E-state index < -0.39 is 11.0 Å². The molecule has 0 aliphatic heterocycles. The summed E-state index contributed by atoms with van der Waals surface area (Å²) in [5, 5.41) is 14.5. The molecule has 1 fully saturated rings. The van der Waals surface area contributed by atoms with Gasteiger partial charge in [0.15, 0.2) is 0 Å². The Kier molecular flexibility index (Phi) is 9.14. The second-order valence-corrected chi connectivity index (χ2v) is 9.65. The van der Waals surface area contributed by atoms with Crippen LogP contribution in [0.5, 0.6) is 0 Å². The smallest absolute Gasteiger partial charge is 0.269 e. The zero-order chi connectivity index (χ0) is 23.8. The van der Waals surface area contributed by atoms with Crippen LogP contribution in [-0.2, 0) is 21.9 Å². The molecular formula is C24H28ClN3O4S. The molecule has 3 rings (SSSR count). The first-order valence-electron chi connectivity index (χ1n) is 11.0. The number of nitrogens with one attached hydrogen (secondary N) is 1. The molecule has 2 aromatic carbocycles. The van der Waals surface area contributed by atoms with Crippen molar-refractivity contribution in [2.45, 2.75) is 57.0 Å². The third kappa shape index (κ3) is 7.47. The van der Waals surface area contributed by atoms with Crippen molar-refractivity contribution in [1.29, 1.82) is 0 Å². The molecule has 176 valence electrons. The van der Waals surface area contributed by atoms with Crippen molar-refractivity contribution in [2.24, 2.45) is 0 Å². The monoisotopic (exact) mass is 489 g/mol. The van der Waals surface area contributed by atoms with E-state index in [1.54, 1.807) is 36.1 Å². The van der Waals surface area contributed by atoms with Crippen molar-refractivity contribution in [2.75, 3.05) is 5.75 Å². The van der Waals surface area contributed by atoms with E-state index in [1.807, 2.05) is 12.1 Å². The Hall–Kier alpha value is -2.58. The predicted octanol–water partition coefficient (Wildman–Crippen LogP) is 4.96. The van der Waals surface area contributed by atoms with Crippen LogP contribution in [0.15, 0.2) is 48.5 Å². The van der Waals surface area contributed by atoms with Gasteiger partial charge in [-0.3, -0.25) is 19.7 Å². The maximum Gasteiger partial charge on any atom is 0.269 e. The minimum absolute atomic E-state index is 0.0380. The Morgan fingerprint density at radius 1 is 1.12 bits per heavy atom. The van der Waals surface area contributed by atoms with E-state index >= 15 is 0 Å². The molecule has 0 radical (unpaired) electrons. The Labute approximate surface area is 203 Å². The van der Waals surface area contributed by atoms with Crippen molar-refractivity contribution >= 4 is 40.9 Å². The Balaban J connectivity index is 1.63. The van der Waals surface area contributed by atoms with Gasteiger partial charge in [-0.25, -0.2) is 0 Å². The molecule has 1 aliphatic carbocycles. The van der Waals surface area contributed by atoms with Crippen molar-refractivity contribution < 1.29 is 14.5 Å². The second-order valence-electron chi connectivity index (χ2n) is 8.23. The summed E-state index contributed by atoms with van der Waals surface area (Å²) < 4.78 is 0. The lowest BCUT2D eigenvalue weighted by Crippen LogP contribution is -2.50. The number of hydrogen-bond acceptors (Lipinski definition) is 5. The van der Waals surface area contributed by atoms with Crippen LogP contribution in [0.2, 0.25) is 5.02 Å². The van der Waals surface area contributed by atoms with Crippen LogP contribution in [0.25, 0.3) is 0 Å². The van der Waals surface area contributed by atoms with Gasteiger partial charge in [-0.2, -0.15) is 0 Å². The maximum absolute atomic E-state index is 13.1. The standard InChI is InChI=1S/C24H28ClN3O4S/c1-17(24(30)26-21-4-2-3-5-21)27(14-18-6-10-20(25)11-7-18)23(29)16-33-15-19-8-12-22(13-9-19)28(31)32/h6-13,17,21H,2-5,14-16H2,1H3,(H,26,30)/t17-/m0/s1. The number of thioether (sulfide) groups is 1. The van der Waals surface area contributed by atoms with Crippen LogP contribution in [0.1, 0.15) is 43.7 Å². The summed E-state index contributed by atoms with van der Waals surface area (Å²) >= 11 is 7.41. The second kappa shape index (κ2) is 12.0. The van der Waals surface area contributed by atoms with Crippen LogP contribution >= 0.6 is 23.4 Å². The number of halogens is 1. The average Bonchev–Trinajstić information content (AvgIpc) is 3.31. The number of carbonyl (C=O) groups is 2. The minimum atomic E-state index is -0.603. The molecule has 0 saturated heterocycles. The van der Waals surface area contributed by atoms with E-state index in [0.717, 1.165) is 36.8 Å². The van der Waals surface area contributed by atoms with Crippen LogP contribution < -0.4 is 5.32 Å². The third-order valence-electron chi connectivity index (χ3n) is 5.78. The quantitative estimate of drug-likeness (QED) is 0.376. The van der Waals surface area contributed by atoms with Crippen LogP contribution in [0, 0.1) is 10.1 Å². The molecule has 9 heteroatoms. The van der Waals surface area contributed by atoms with E-state index in [4.69, 9.17) is 11.6 Å². The first kappa shape index (κ1) is 25.1. The maximum atomic E-state index is 13.1. The number of hydrogen-bond donors (Lipinski definition) is 1. The number of nitro groups is 1. The number of nitro benzene ring substituents is 1. The van der Waals surface area contributed by atoms with Crippen molar-refractivity contribution in [3.05, 3.63) is 74.8 Å². The largest absolute Gasteiger partial charge is 0.352 e.